The van der Waals surface area contributed by atoms with Crippen LogP contribution in [0.1, 0.15) is 180 Å². The molecule has 79 heavy (non-hydrogen) atoms. The van der Waals surface area contributed by atoms with Crippen molar-refractivity contribution in [2.24, 2.45) is 0 Å². The summed E-state index contributed by atoms with van der Waals surface area (Å²) in [4.78, 5) is 75.5. The van der Waals surface area contributed by atoms with Crippen molar-refractivity contribution < 1.29 is 66.6 Å². The molecule has 3 aromatic rings. The van der Waals surface area contributed by atoms with E-state index in [1.807, 2.05) is 17.9 Å². The van der Waals surface area contributed by atoms with Crippen molar-refractivity contribution >= 4 is 41.7 Å². The predicted molar refractivity (Wildman–Crippen MR) is 293 cm³/mol. The van der Waals surface area contributed by atoms with Gasteiger partial charge < -0.3 is 42.6 Å². The second-order valence-corrected chi connectivity index (χ2v) is 23.7. The number of unbranched alkanes of at least 4 members (excludes halogenated alkanes) is 8. The van der Waals surface area contributed by atoms with Gasteiger partial charge in [-0.2, -0.15) is 5.26 Å². The molecule has 7 atom stereocenters. The Morgan fingerprint density at radius 3 is 2.14 bits per heavy atom. The summed E-state index contributed by atoms with van der Waals surface area (Å²) < 4.78 is 56.4. The maximum absolute atomic E-state index is 15.5. The van der Waals surface area contributed by atoms with Crippen LogP contribution in [0.15, 0.2) is 18.2 Å². The summed E-state index contributed by atoms with van der Waals surface area (Å²) >= 11 is 1.36. The van der Waals surface area contributed by atoms with Gasteiger partial charge in [-0.25, -0.2) is 9.59 Å². The van der Waals surface area contributed by atoms with E-state index in [2.05, 4.69) is 25.2 Å². The number of benzene rings is 3. The quantitative estimate of drug-likeness (QED) is 0.0756. The van der Waals surface area contributed by atoms with Crippen LogP contribution in [0, 0.1) is 25.2 Å². The summed E-state index contributed by atoms with van der Waals surface area (Å²) in [5.74, 6) is -0.173. The highest BCUT2D eigenvalue weighted by atomic mass is 32.2. The fourth-order valence-corrected chi connectivity index (χ4v) is 14.4. The van der Waals surface area contributed by atoms with Gasteiger partial charge in [-0.15, -0.1) is 11.8 Å². The van der Waals surface area contributed by atoms with Gasteiger partial charge in [-0.05, 0) is 94.7 Å². The van der Waals surface area contributed by atoms with Crippen molar-refractivity contribution in [2.75, 3.05) is 39.9 Å². The van der Waals surface area contributed by atoms with Crippen LogP contribution in [0.4, 0.5) is 4.79 Å². The summed E-state index contributed by atoms with van der Waals surface area (Å²) in [5, 5.41) is 14.4. The average molecular weight is 1110 g/mol. The number of nitrogens with zero attached hydrogens (tertiary/aromatic N) is 3. The second kappa shape index (κ2) is 23.8. The summed E-state index contributed by atoms with van der Waals surface area (Å²) in [7, 11) is 3.00. The second-order valence-electron chi connectivity index (χ2n) is 22.5. The largest absolute Gasteiger partial charge is 0.493 e. The van der Waals surface area contributed by atoms with Gasteiger partial charge in [-0.3, -0.25) is 29.5 Å². The van der Waals surface area contributed by atoms with Gasteiger partial charge in [0.05, 0.1) is 49.7 Å². The number of methoxy groups -OCH3 is 2. The smallest absolute Gasteiger partial charge is 0.411 e. The van der Waals surface area contributed by atoms with E-state index in [1.165, 1.54) is 32.9 Å². The molecule has 0 aromatic heterocycles. The van der Waals surface area contributed by atoms with Crippen LogP contribution >= 0.6 is 11.8 Å². The molecule has 7 aliphatic rings. The van der Waals surface area contributed by atoms with Gasteiger partial charge in [-0.1, -0.05) is 71.3 Å². The predicted octanol–water partition coefficient (Wildman–Crippen LogP) is 10.4. The number of piperazine rings is 1. The Balaban J connectivity index is 1.26. The van der Waals surface area contributed by atoms with E-state index in [0.717, 1.165) is 62.5 Å². The number of hydrogen-bond acceptors (Lipinski definition) is 18. The number of ether oxygens (including phenoxy) is 9. The van der Waals surface area contributed by atoms with Gasteiger partial charge >= 0.3 is 30.0 Å². The Morgan fingerprint density at radius 2 is 1.49 bits per heavy atom. The minimum absolute atomic E-state index is 0.0191. The number of nitriles is 1. The zero-order valence-electron chi connectivity index (χ0n) is 47.4. The highest BCUT2D eigenvalue weighted by Crippen LogP contribution is 2.65. The lowest BCUT2D eigenvalue weighted by molar-refractivity contribution is -0.157. The Kier molecular flexibility index (Phi) is 17.3. The number of carbonyl (C=O) groups is 5. The molecule has 2 fully saturated rings. The minimum Gasteiger partial charge on any atom is -0.493 e. The standard InChI is InChI=1S/C60H76N4O14S/c1-11-13-15-17-19-21-44(66)76-43-27-36-23-24-62-60(38(36)28-42(43)70-9)31-79-56-48-47(54-53(73-32-74-54)34(4)52(48)75-35(5)65)41(30-72-57(60)68)63-40(29-61)39-26-37-25-33(3)51(71-10)55(77-45(67)22-20-18-16-14-12-2)46(37)49(50(56)63)64(39)58(69)78-59(6,7)8/h25,27-28,39-41,49-50,56,62H,11-24,26,30-32H2,1-10H3/t39-,40-,41-,49+,50?,56+,60+/m0/s1. The van der Waals surface area contributed by atoms with Crippen molar-refractivity contribution in [3.8, 4) is 46.3 Å². The van der Waals surface area contributed by atoms with Crippen LogP contribution in [0.3, 0.4) is 0 Å². The molecule has 1 N–H and O–H groups in total. The third-order valence-electron chi connectivity index (χ3n) is 16.1. The van der Waals surface area contributed by atoms with Crippen LogP contribution in [0.25, 0.3) is 0 Å². The minimum atomic E-state index is -1.55. The molecule has 0 saturated carbocycles. The van der Waals surface area contributed by atoms with Crippen molar-refractivity contribution in [1.82, 2.24) is 15.1 Å². The number of carbonyl (C=O) groups excluding carboxylic acids is 5. The molecule has 3 aromatic carbocycles. The molecular weight excluding hydrogens is 1030 g/mol. The molecule has 19 heteroatoms. The highest BCUT2D eigenvalue weighted by Gasteiger charge is 2.64. The summed E-state index contributed by atoms with van der Waals surface area (Å²) in [5.41, 5.74) is 2.26. The SMILES string of the molecule is CCCCCCCC(=O)Oc1cc2c(cc1OC)[C@@]1(CS[C@@H]3c4c(OC(C)=O)c(C)c5c(c4[C@H](COC1=O)N1C3[C@H]3c4c(cc(C)c(OC)c4OC(=O)CCCCCCC)C[C@@H]([C@@H]1C#N)N3C(=O)OC(C)(C)C)OCO5)NCC2. The average Bonchev–Trinajstić information content (AvgIpc) is 4.07. The Labute approximate surface area is 467 Å². The molecule has 1 unspecified atom stereocenters. The molecule has 7 heterocycles. The number of fused-ring (bicyclic) bond motifs is 9. The number of nitrogens with one attached hydrogen (secondary N) is 1. The fourth-order valence-electron chi connectivity index (χ4n) is 12.7. The van der Waals surface area contributed by atoms with Crippen LogP contribution in [0.5, 0.6) is 40.2 Å². The number of amides is 1. The summed E-state index contributed by atoms with van der Waals surface area (Å²) in [6.45, 7) is 14.4. The lowest BCUT2D eigenvalue weighted by Crippen LogP contribution is -2.71. The Hall–Kier alpha value is -6.23. The van der Waals surface area contributed by atoms with Crippen molar-refractivity contribution in [3.63, 3.8) is 0 Å². The third kappa shape index (κ3) is 10.9. The number of hydrogen-bond donors (Lipinski definition) is 1. The van der Waals surface area contributed by atoms with E-state index < -0.39 is 70.6 Å². The van der Waals surface area contributed by atoms with Gasteiger partial charge in [0, 0.05) is 54.3 Å². The first kappa shape index (κ1) is 57.5. The number of aryl methyl sites for hydroxylation is 1. The molecule has 426 valence electrons. The molecule has 18 nitrogen and oxygen atoms in total. The van der Waals surface area contributed by atoms with Crippen molar-refractivity contribution in [3.05, 3.63) is 62.7 Å². The van der Waals surface area contributed by atoms with Crippen molar-refractivity contribution in [2.45, 2.75) is 192 Å². The van der Waals surface area contributed by atoms with Crippen LogP contribution in [-0.2, 0) is 47.0 Å². The highest BCUT2D eigenvalue weighted by molar-refractivity contribution is 7.99. The lowest BCUT2D eigenvalue weighted by atomic mass is 9.71. The van der Waals surface area contributed by atoms with E-state index in [-0.39, 0.29) is 67.4 Å². The summed E-state index contributed by atoms with van der Waals surface area (Å²) in [6.07, 6.45) is 9.73. The third-order valence-corrected chi connectivity index (χ3v) is 17.6. The molecule has 1 amide bonds. The molecule has 2 saturated heterocycles. The first-order chi connectivity index (χ1) is 37.9. The van der Waals surface area contributed by atoms with E-state index in [1.54, 1.807) is 44.7 Å². The maximum Gasteiger partial charge on any atom is 0.411 e. The van der Waals surface area contributed by atoms with Gasteiger partial charge in [0.2, 0.25) is 6.79 Å². The van der Waals surface area contributed by atoms with Crippen LogP contribution in [0.2, 0.25) is 0 Å². The van der Waals surface area contributed by atoms with E-state index >= 15 is 9.59 Å². The number of rotatable bonds is 17. The molecule has 4 bridgehead atoms. The van der Waals surface area contributed by atoms with E-state index in [4.69, 9.17) is 42.6 Å². The maximum atomic E-state index is 15.5. The van der Waals surface area contributed by atoms with Crippen LogP contribution in [-0.4, -0.2) is 103 Å². The fraction of sp³-hybridized carbons (Fsp3) is 0.600. The van der Waals surface area contributed by atoms with Gasteiger partial charge in [0.1, 0.15) is 24.0 Å². The molecule has 0 radical (unpaired) electrons. The zero-order chi connectivity index (χ0) is 56.5. The molecule has 7 aliphatic heterocycles. The normalized spacial score (nSPS) is 23.5. The van der Waals surface area contributed by atoms with E-state index in [0.29, 0.717) is 76.4 Å². The molecule has 10 rings (SSSR count). The first-order valence-electron chi connectivity index (χ1n) is 28.1. The monoisotopic (exact) mass is 1110 g/mol. The zero-order valence-corrected chi connectivity index (χ0v) is 48.2. The van der Waals surface area contributed by atoms with Crippen LogP contribution < -0.4 is 38.5 Å². The topological polar surface area (TPSA) is 211 Å². The van der Waals surface area contributed by atoms with Gasteiger partial charge in [0.15, 0.2) is 40.0 Å². The van der Waals surface area contributed by atoms with Crippen molar-refractivity contribution in [1.29, 1.82) is 5.26 Å². The lowest BCUT2D eigenvalue weighted by Gasteiger charge is -2.62. The Bertz CT molecular complexity index is 2910. The summed E-state index contributed by atoms with van der Waals surface area (Å²) in [6, 6.07) is 3.22. The number of esters is 4. The Morgan fingerprint density at radius 1 is 0.810 bits per heavy atom. The van der Waals surface area contributed by atoms with Gasteiger partial charge in [0.25, 0.3) is 0 Å². The molecule has 0 aliphatic carbocycles. The first-order valence-corrected chi connectivity index (χ1v) is 29.2. The molecular formula is C60H76N4O14S. The number of thioether (sulfide) groups is 1. The van der Waals surface area contributed by atoms with E-state index in [9.17, 15) is 19.6 Å². The molecule has 1 spiro atoms.